The van der Waals surface area contributed by atoms with Crippen LogP contribution in [0.3, 0.4) is 0 Å². The number of hydrogen-bond acceptors (Lipinski definition) is 4. The van der Waals surface area contributed by atoms with Gasteiger partial charge in [-0.3, -0.25) is 9.67 Å². The Balaban J connectivity index is 1.80. The molecule has 0 atom stereocenters. The summed E-state index contributed by atoms with van der Waals surface area (Å²) < 4.78 is 1.84. The van der Waals surface area contributed by atoms with Crippen LogP contribution in [0.5, 0.6) is 0 Å². The molecule has 0 saturated carbocycles. The molecular weight excluding hydrogens is 238 g/mol. The second kappa shape index (κ2) is 4.89. The van der Waals surface area contributed by atoms with Crippen LogP contribution in [0.25, 0.3) is 11.1 Å². The number of nitrogens with zero attached hydrogens (tertiary/aromatic N) is 4. The third kappa shape index (κ3) is 2.60. The Morgan fingerprint density at radius 2 is 1.79 bits per heavy atom. The summed E-state index contributed by atoms with van der Waals surface area (Å²) in [5.41, 5.74) is 8.57. The highest BCUT2D eigenvalue weighted by atomic mass is 15.3. The van der Waals surface area contributed by atoms with Gasteiger partial charge in [0.05, 0.1) is 30.8 Å². The Labute approximate surface area is 110 Å². The smallest absolute Gasteiger partial charge is 0.141 e. The highest BCUT2D eigenvalue weighted by molar-refractivity contribution is 5.61. The molecule has 3 aromatic rings. The van der Waals surface area contributed by atoms with Crippen molar-refractivity contribution in [1.29, 1.82) is 0 Å². The van der Waals surface area contributed by atoms with Gasteiger partial charge < -0.3 is 5.73 Å². The number of rotatable bonds is 3. The van der Waals surface area contributed by atoms with Crippen LogP contribution in [0, 0.1) is 0 Å². The average Bonchev–Trinajstić information content (AvgIpc) is 2.91. The van der Waals surface area contributed by atoms with Crippen molar-refractivity contribution in [3.8, 4) is 11.1 Å². The van der Waals surface area contributed by atoms with Crippen LogP contribution in [-0.2, 0) is 6.54 Å². The fourth-order valence-corrected chi connectivity index (χ4v) is 1.84. The minimum Gasteiger partial charge on any atom is -0.382 e. The van der Waals surface area contributed by atoms with E-state index in [1.165, 1.54) is 0 Å². The molecule has 0 unspecified atom stereocenters. The van der Waals surface area contributed by atoms with Crippen LogP contribution in [0.1, 0.15) is 5.69 Å². The first-order chi connectivity index (χ1) is 9.31. The van der Waals surface area contributed by atoms with Crippen molar-refractivity contribution in [3.63, 3.8) is 0 Å². The number of anilines is 1. The van der Waals surface area contributed by atoms with Crippen molar-refractivity contribution < 1.29 is 0 Å². The SMILES string of the molecule is Nc1cnc(Cn2cc(-c3ccccc3)cn2)cn1. The molecule has 19 heavy (non-hydrogen) atoms. The number of nitrogens with two attached hydrogens (primary N) is 1. The first-order valence-electron chi connectivity index (χ1n) is 5.95. The number of aromatic nitrogens is 4. The zero-order chi connectivity index (χ0) is 13.1. The molecule has 94 valence electrons. The van der Waals surface area contributed by atoms with Crippen LogP contribution in [0.4, 0.5) is 5.82 Å². The number of hydrogen-bond donors (Lipinski definition) is 1. The number of benzene rings is 1. The van der Waals surface area contributed by atoms with Gasteiger partial charge in [0.25, 0.3) is 0 Å². The topological polar surface area (TPSA) is 69.6 Å². The normalized spacial score (nSPS) is 10.5. The zero-order valence-electron chi connectivity index (χ0n) is 10.3. The molecule has 0 aliphatic carbocycles. The molecule has 2 aromatic heterocycles. The maximum absolute atomic E-state index is 5.50. The first-order valence-corrected chi connectivity index (χ1v) is 5.95. The second-order valence-corrected chi connectivity index (χ2v) is 4.23. The predicted molar refractivity (Wildman–Crippen MR) is 73.2 cm³/mol. The molecule has 0 aliphatic heterocycles. The van der Waals surface area contributed by atoms with Crippen LogP contribution in [0.2, 0.25) is 0 Å². The van der Waals surface area contributed by atoms with Gasteiger partial charge in [0.2, 0.25) is 0 Å². The van der Waals surface area contributed by atoms with E-state index in [2.05, 4.69) is 27.2 Å². The van der Waals surface area contributed by atoms with E-state index in [1.807, 2.05) is 35.3 Å². The highest BCUT2D eigenvalue weighted by Crippen LogP contribution is 2.17. The molecule has 2 heterocycles. The molecule has 5 nitrogen and oxygen atoms in total. The van der Waals surface area contributed by atoms with Gasteiger partial charge in [-0.25, -0.2) is 4.98 Å². The maximum atomic E-state index is 5.50. The Morgan fingerprint density at radius 3 is 2.53 bits per heavy atom. The first kappa shape index (κ1) is 11.4. The van der Waals surface area contributed by atoms with Crippen molar-refractivity contribution in [2.24, 2.45) is 0 Å². The van der Waals surface area contributed by atoms with Crippen LogP contribution >= 0.6 is 0 Å². The van der Waals surface area contributed by atoms with Gasteiger partial charge in [0.15, 0.2) is 0 Å². The maximum Gasteiger partial charge on any atom is 0.141 e. The minimum atomic E-state index is 0.425. The minimum absolute atomic E-state index is 0.425. The quantitative estimate of drug-likeness (QED) is 0.772. The van der Waals surface area contributed by atoms with Crippen LogP contribution < -0.4 is 5.73 Å². The Kier molecular flexibility index (Phi) is 2.94. The molecule has 5 heteroatoms. The predicted octanol–water partition coefficient (Wildman–Crippen LogP) is 1.97. The van der Waals surface area contributed by atoms with Gasteiger partial charge in [-0.1, -0.05) is 30.3 Å². The van der Waals surface area contributed by atoms with Crippen LogP contribution in [-0.4, -0.2) is 19.7 Å². The zero-order valence-corrected chi connectivity index (χ0v) is 10.3. The van der Waals surface area contributed by atoms with E-state index in [9.17, 15) is 0 Å². The van der Waals surface area contributed by atoms with Gasteiger partial charge in [0.1, 0.15) is 5.82 Å². The fourth-order valence-electron chi connectivity index (χ4n) is 1.84. The van der Waals surface area contributed by atoms with Crippen molar-refractivity contribution in [2.45, 2.75) is 6.54 Å². The Bertz CT molecular complexity index is 658. The largest absolute Gasteiger partial charge is 0.382 e. The number of nitrogen functional groups attached to an aromatic ring is 1. The molecule has 1 aromatic carbocycles. The lowest BCUT2D eigenvalue weighted by molar-refractivity contribution is 0.670. The van der Waals surface area contributed by atoms with E-state index < -0.39 is 0 Å². The lowest BCUT2D eigenvalue weighted by Gasteiger charge is -2.00. The third-order valence-corrected chi connectivity index (χ3v) is 2.79. The van der Waals surface area contributed by atoms with Gasteiger partial charge in [0, 0.05) is 11.8 Å². The summed E-state index contributed by atoms with van der Waals surface area (Å²) in [6.07, 6.45) is 7.06. The fraction of sp³-hybridized carbons (Fsp3) is 0.0714. The van der Waals surface area contributed by atoms with Gasteiger partial charge >= 0.3 is 0 Å². The molecule has 0 spiro atoms. The summed E-state index contributed by atoms with van der Waals surface area (Å²) in [4.78, 5) is 8.22. The molecular formula is C14H13N5. The summed E-state index contributed by atoms with van der Waals surface area (Å²) in [7, 11) is 0. The van der Waals surface area contributed by atoms with E-state index in [-0.39, 0.29) is 0 Å². The van der Waals surface area contributed by atoms with Gasteiger partial charge in [-0.2, -0.15) is 5.10 Å². The van der Waals surface area contributed by atoms with Crippen LogP contribution in [0.15, 0.2) is 55.1 Å². The summed E-state index contributed by atoms with van der Waals surface area (Å²) >= 11 is 0. The summed E-state index contributed by atoms with van der Waals surface area (Å²) in [5.74, 6) is 0.425. The molecule has 0 radical (unpaired) electrons. The summed E-state index contributed by atoms with van der Waals surface area (Å²) in [6.45, 7) is 0.583. The van der Waals surface area contributed by atoms with E-state index >= 15 is 0 Å². The second-order valence-electron chi connectivity index (χ2n) is 4.23. The Morgan fingerprint density at radius 1 is 0.947 bits per heavy atom. The van der Waals surface area contributed by atoms with E-state index in [0.29, 0.717) is 12.4 Å². The lowest BCUT2D eigenvalue weighted by atomic mass is 10.1. The summed E-state index contributed by atoms with van der Waals surface area (Å²) in [6, 6.07) is 10.1. The third-order valence-electron chi connectivity index (χ3n) is 2.79. The molecule has 0 amide bonds. The molecule has 0 aliphatic rings. The average molecular weight is 251 g/mol. The van der Waals surface area contributed by atoms with Gasteiger partial charge in [-0.15, -0.1) is 0 Å². The molecule has 3 rings (SSSR count). The van der Waals surface area contributed by atoms with Gasteiger partial charge in [-0.05, 0) is 5.56 Å². The molecule has 2 N–H and O–H groups in total. The lowest BCUT2D eigenvalue weighted by Crippen LogP contribution is -2.03. The van der Waals surface area contributed by atoms with E-state index in [4.69, 9.17) is 5.73 Å². The standard InChI is InChI=1S/C14H13N5/c15-14-8-16-13(7-17-14)10-19-9-12(6-18-19)11-4-2-1-3-5-11/h1-9H,10H2,(H2,15,17). The molecule has 0 fully saturated rings. The van der Waals surface area contributed by atoms with Crippen molar-refractivity contribution >= 4 is 5.82 Å². The van der Waals surface area contributed by atoms with Crippen molar-refractivity contribution in [3.05, 3.63) is 60.8 Å². The molecule has 0 bridgehead atoms. The Hall–Kier alpha value is -2.69. The highest BCUT2D eigenvalue weighted by Gasteiger charge is 2.02. The van der Waals surface area contributed by atoms with E-state index in [1.54, 1.807) is 12.4 Å². The summed E-state index contributed by atoms with van der Waals surface area (Å²) in [5, 5.41) is 4.33. The monoisotopic (exact) mass is 251 g/mol. The van der Waals surface area contributed by atoms with E-state index in [0.717, 1.165) is 16.8 Å². The van der Waals surface area contributed by atoms with Crippen molar-refractivity contribution in [1.82, 2.24) is 19.7 Å². The van der Waals surface area contributed by atoms with Crippen molar-refractivity contribution in [2.75, 3.05) is 5.73 Å². The molecule has 0 saturated heterocycles.